The van der Waals surface area contributed by atoms with Crippen molar-refractivity contribution in [1.82, 2.24) is 19.7 Å². The van der Waals surface area contributed by atoms with Gasteiger partial charge in [-0.1, -0.05) is 42.1 Å². The first-order valence-corrected chi connectivity index (χ1v) is 12.0. The van der Waals surface area contributed by atoms with Crippen LogP contribution in [0.3, 0.4) is 0 Å². The van der Waals surface area contributed by atoms with Crippen molar-refractivity contribution in [3.05, 3.63) is 60.2 Å². The zero-order chi connectivity index (χ0) is 24.1. The molecule has 0 radical (unpaired) electrons. The SMILES string of the molecule is CCOC(=O)C1CCN(C(=O)CSc2nnc(-c3ccccc3)n2-c2ccc(F)cc2F)CC1. The lowest BCUT2D eigenvalue weighted by Gasteiger charge is -2.30. The van der Waals surface area contributed by atoms with Crippen LogP contribution in [0.15, 0.2) is 53.7 Å². The number of esters is 1. The number of hydrogen-bond acceptors (Lipinski definition) is 6. The van der Waals surface area contributed by atoms with Gasteiger partial charge < -0.3 is 9.64 Å². The number of aromatic nitrogens is 3. The average Bonchev–Trinajstić information content (AvgIpc) is 3.27. The molecule has 0 saturated carbocycles. The number of likely N-dealkylation sites (tertiary alicyclic amines) is 1. The lowest BCUT2D eigenvalue weighted by molar-refractivity contribution is -0.151. The van der Waals surface area contributed by atoms with Gasteiger partial charge in [0.2, 0.25) is 5.91 Å². The molecule has 0 unspecified atom stereocenters. The first-order chi connectivity index (χ1) is 16.5. The largest absolute Gasteiger partial charge is 0.466 e. The Labute approximate surface area is 200 Å². The molecule has 0 atom stereocenters. The van der Waals surface area contributed by atoms with Gasteiger partial charge >= 0.3 is 5.97 Å². The molecule has 10 heteroatoms. The smallest absolute Gasteiger partial charge is 0.309 e. The topological polar surface area (TPSA) is 77.3 Å². The van der Waals surface area contributed by atoms with Crippen LogP contribution in [0.25, 0.3) is 17.1 Å². The normalized spacial score (nSPS) is 14.3. The minimum atomic E-state index is -0.758. The third kappa shape index (κ3) is 5.27. The van der Waals surface area contributed by atoms with Crippen LogP contribution in [0.2, 0.25) is 0 Å². The lowest BCUT2D eigenvalue weighted by atomic mass is 9.97. The van der Waals surface area contributed by atoms with Crippen molar-refractivity contribution in [2.24, 2.45) is 5.92 Å². The monoisotopic (exact) mass is 486 g/mol. The summed E-state index contributed by atoms with van der Waals surface area (Å²) < 4.78 is 34.8. The van der Waals surface area contributed by atoms with Crippen molar-refractivity contribution in [2.75, 3.05) is 25.4 Å². The van der Waals surface area contributed by atoms with Gasteiger partial charge in [-0.05, 0) is 31.9 Å². The van der Waals surface area contributed by atoms with Crippen LogP contribution in [0.5, 0.6) is 0 Å². The summed E-state index contributed by atoms with van der Waals surface area (Å²) in [4.78, 5) is 26.4. The number of benzene rings is 2. The molecule has 2 aromatic carbocycles. The number of halogens is 2. The van der Waals surface area contributed by atoms with Gasteiger partial charge in [-0.2, -0.15) is 0 Å². The molecule has 1 aromatic heterocycles. The first kappa shape index (κ1) is 23.9. The molecule has 1 saturated heterocycles. The van der Waals surface area contributed by atoms with Gasteiger partial charge in [0.1, 0.15) is 11.6 Å². The van der Waals surface area contributed by atoms with Crippen molar-refractivity contribution in [1.29, 1.82) is 0 Å². The number of carbonyl (C=O) groups excluding carboxylic acids is 2. The van der Waals surface area contributed by atoms with Crippen LogP contribution in [0, 0.1) is 17.6 Å². The molecule has 1 aliphatic heterocycles. The van der Waals surface area contributed by atoms with Gasteiger partial charge in [0.15, 0.2) is 11.0 Å². The summed E-state index contributed by atoms with van der Waals surface area (Å²) in [5, 5.41) is 8.73. The van der Waals surface area contributed by atoms with Crippen LogP contribution in [-0.4, -0.2) is 57.0 Å². The molecule has 34 heavy (non-hydrogen) atoms. The standard InChI is InChI=1S/C24H24F2N4O3S/c1-2-33-23(32)17-10-12-29(13-11-17)21(31)15-34-24-28-27-22(16-6-4-3-5-7-16)30(24)20-9-8-18(25)14-19(20)26/h3-9,14,17H,2,10-13,15H2,1H3. The predicted octanol–water partition coefficient (Wildman–Crippen LogP) is 4.11. The molecule has 1 aliphatic rings. The van der Waals surface area contributed by atoms with Crippen LogP contribution in [0.1, 0.15) is 19.8 Å². The Morgan fingerprint density at radius 2 is 1.82 bits per heavy atom. The zero-order valence-electron chi connectivity index (χ0n) is 18.6. The summed E-state index contributed by atoms with van der Waals surface area (Å²) in [5.74, 6) is -1.50. The Hall–Kier alpha value is -3.27. The molecule has 4 rings (SSSR count). The van der Waals surface area contributed by atoms with Crippen LogP contribution >= 0.6 is 11.8 Å². The molecule has 0 aliphatic carbocycles. The van der Waals surface area contributed by atoms with E-state index >= 15 is 0 Å². The number of carbonyl (C=O) groups is 2. The zero-order valence-corrected chi connectivity index (χ0v) is 19.4. The Morgan fingerprint density at radius 3 is 2.50 bits per heavy atom. The predicted molar refractivity (Wildman–Crippen MR) is 123 cm³/mol. The van der Waals surface area contributed by atoms with Crippen molar-refractivity contribution < 1.29 is 23.1 Å². The fraction of sp³-hybridized carbons (Fsp3) is 0.333. The third-order valence-corrected chi connectivity index (χ3v) is 6.52. The highest BCUT2D eigenvalue weighted by molar-refractivity contribution is 7.99. The fourth-order valence-electron chi connectivity index (χ4n) is 3.86. The Kier molecular flexibility index (Phi) is 7.56. The van der Waals surface area contributed by atoms with E-state index in [9.17, 15) is 18.4 Å². The average molecular weight is 487 g/mol. The van der Waals surface area contributed by atoms with E-state index in [1.54, 1.807) is 11.8 Å². The van der Waals surface area contributed by atoms with Crippen molar-refractivity contribution in [2.45, 2.75) is 24.9 Å². The van der Waals surface area contributed by atoms with Gasteiger partial charge in [0.05, 0.1) is 24.0 Å². The van der Waals surface area contributed by atoms with Crippen LogP contribution in [0.4, 0.5) is 8.78 Å². The summed E-state index contributed by atoms with van der Waals surface area (Å²) >= 11 is 1.13. The van der Waals surface area contributed by atoms with Gasteiger partial charge in [0.25, 0.3) is 0 Å². The van der Waals surface area contributed by atoms with Crippen molar-refractivity contribution in [3.63, 3.8) is 0 Å². The maximum Gasteiger partial charge on any atom is 0.309 e. The van der Waals surface area contributed by atoms with Gasteiger partial charge in [-0.3, -0.25) is 14.2 Å². The van der Waals surface area contributed by atoms with E-state index in [2.05, 4.69) is 10.2 Å². The van der Waals surface area contributed by atoms with E-state index in [-0.39, 0.29) is 29.2 Å². The van der Waals surface area contributed by atoms with Crippen molar-refractivity contribution >= 4 is 23.6 Å². The second kappa shape index (κ2) is 10.8. The van der Waals surface area contributed by atoms with Crippen molar-refractivity contribution in [3.8, 4) is 17.1 Å². The molecule has 0 N–H and O–H groups in total. The number of piperidine rings is 1. The molecule has 3 aromatic rings. The number of hydrogen-bond donors (Lipinski definition) is 0. The summed E-state index contributed by atoms with van der Waals surface area (Å²) in [6, 6.07) is 12.4. The quantitative estimate of drug-likeness (QED) is 0.370. The second-order valence-corrected chi connectivity index (χ2v) is 8.74. The molecule has 1 fully saturated rings. The highest BCUT2D eigenvalue weighted by atomic mass is 32.2. The van der Waals surface area contributed by atoms with E-state index in [1.165, 1.54) is 16.7 Å². The lowest BCUT2D eigenvalue weighted by Crippen LogP contribution is -2.41. The van der Waals surface area contributed by atoms with Gasteiger partial charge in [-0.25, -0.2) is 8.78 Å². The minimum Gasteiger partial charge on any atom is -0.466 e. The number of nitrogens with zero attached hydrogens (tertiary/aromatic N) is 4. The summed E-state index contributed by atoms with van der Waals surface area (Å²) in [6.07, 6.45) is 1.12. The first-order valence-electron chi connectivity index (χ1n) is 11.0. The third-order valence-electron chi connectivity index (χ3n) is 5.61. The summed E-state index contributed by atoms with van der Waals surface area (Å²) in [7, 11) is 0. The van der Waals surface area contributed by atoms with Crippen LogP contribution < -0.4 is 0 Å². The number of ether oxygens (including phenoxy) is 1. The minimum absolute atomic E-state index is 0.0693. The Morgan fingerprint density at radius 1 is 1.09 bits per heavy atom. The van der Waals surface area contributed by atoms with E-state index in [0.717, 1.165) is 17.8 Å². The number of rotatable bonds is 7. The summed E-state index contributed by atoms with van der Waals surface area (Å²) in [5.41, 5.74) is 0.799. The number of amides is 1. The van der Waals surface area contributed by atoms with E-state index < -0.39 is 11.6 Å². The molecular weight excluding hydrogens is 462 g/mol. The Bertz CT molecular complexity index is 1160. The molecular formula is C24H24F2N4O3S. The molecule has 2 heterocycles. The van der Waals surface area contributed by atoms with E-state index in [0.29, 0.717) is 49.1 Å². The molecule has 0 spiro atoms. The molecule has 178 valence electrons. The highest BCUT2D eigenvalue weighted by Crippen LogP contribution is 2.30. The fourth-order valence-corrected chi connectivity index (χ4v) is 4.71. The van der Waals surface area contributed by atoms with E-state index in [4.69, 9.17) is 4.74 Å². The number of thioether (sulfide) groups is 1. The maximum atomic E-state index is 14.7. The Balaban J connectivity index is 1.51. The molecule has 0 bridgehead atoms. The highest BCUT2D eigenvalue weighted by Gasteiger charge is 2.28. The second-order valence-electron chi connectivity index (χ2n) is 7.80. The van der Waals surface area contributed by atoms with Gasteiger partial charge in [0, 0.05) is 24.7 Å². The maximum absolute atomic E-state index is 14.7. The van der Waals surface area contributed by atoms with Gasteiger partial charge in [-0.15, -0.1) is 10.2 Å². The molecule has 1 amide bonds. The van der Waals surface area contributed by atoms with Crippen LogP contribution in [-0.2, 0) is 14.3 Å². The van der Waals surface area contributed by atoms with E-state index in [1.807, 2.05) is 30.3 Å². The summed E-state index contributed by atoms with van der Waals surface area (Å²) in [6.45, 7) is 3.05. The molecule has 7 nitrogen and oxygen atoms in total.